The molecule has 1 atom stereocenters. The molecule has 0 saturated carbocycles. The van der Waals surface area contributed by atoms with Crippen LogP contribution < -0.4 is 10.5 Å². The first-order valence-electron chi connectivity index (χ1n) is 6.15. The number of nitrogens with zero attached hydrogens (tertiary/aromatic N) is 2. The molecule has 1 fully saturated rings. The van der Waals surface area contributed by atoms with Gasteiger partial charge in [0.15, 0.2) is 0 Å². The second-order valence-corrected chi connectivity index (χ2v) is 5.81. The summed E-state index contributed by atoms with van der Waals surface area (Å²) in [6, 6.07) is 5.94. The van der Waals surface area contributed by atoms with Gasteiger partial charge in [-0.3, -0.25) is 0 Å². The molecule has 0 radical (unpaired) electrons. The van der Waals surface area contributed by atoms with E-state index >= 15 is 0 Å². The lowest BCUT2D eigenvalue weighted by Crippen LogP contribution is -2.12. The minimum absolute atomic E-state index is 0.607. The number of hydrogen-bond acceptors (Lipinski definition) is 4. The molecule has 5 heteroatoms. The third kappa shape index (κ3) is 2.03. The Morgan fingerprint density at radius 3 is 3.17 bits per heavy atom. The molecule has 1 aromatic heterocycles. The van der Waals surface area contributed by atoms with E-state index in [9.17, 15) is 0 Å². The highest BCUT2D eigenvalue weighted by Gasteiger charge is 2.18. The van der Waals surface area contributed by atoms with Gasteiger partial charge in [-0.1, -0.05) is 0 Å². The van der Waals surface area contributed by atoms with Crippen molar-refractivity contribution in [2.75, 3.05) is 24.3 Å². The predicted octanol–water partition coefficient (Wildman–Crippen LogP) is 2.38. The fourth-order valence-electron chi connectivity index (χ4n) is 2.43. The molecule has 3 rings (SSSR count). The van der Waals surface area contributed by atoms with E-state index < -0.39 is 0 Å². The lowest BCUT2D eigenvalue weighted by Gasteiger charge is -2.11. The van der Waals surface area contributed by atoms with Crippen LogP contribution in [0.15, 0.2) is 18.2 Å². The van der Waals surface area contributed by atoms with Crippen LogP contribution in [-0.2, 0) is 6.54 Å². The average Bonchev–Trinajstić information content (AvgIpc) is 2.98. The van der Waals surface area contributed by atoms with Crippen LogP contribution in [0, 0.1) is 5.92 Å². The van der Waals surface area contributed by atoms with E-state index in [-0.39, 0.29) is 0 Å². The number of aromatic nitrogens is 2. The predicted molar refractivity (Wildman–Crippen MR) is 76.1 cm³/mol. The van der Waals surface area contributed by atoms with Crippen molar-refractivity contribution in [1.29, 1.82) is 0 Å². The van der Waals surface area contributed by atoms with E-state index in [2.05, 4.69) is 9.55 Å². The van der Waals surface area contributed by atoms with E-state index in [0.717, 1.165) is 29.2 Å². The number of ether oxygens (including phenoxy) is 1. The van der Waals surface area contributed by atoms with E-state index in [0.29, 0.717) is 5.95 Å². The van der Waals surface area contributed by atoms with Crippen molar-refractivity contribution in [2.24, 2.45) is 5.92 Å². The first-order valence-corrected chi connectivity index (χ1v) is 7.31. The van der Waals surface area contributed by atoms with Crippen LogP contribution in [-0.4, -0.2) is 28.2 Å². The number of nitrogens with two attached hydrogens (primary N) is 1. The summed E-state index contributed by atoms with van der Waals surface area (Å²) in [4.78, 5) is 4.42. The zero-order valence-corrected chi connectivity index (χ0v) is 11.2. The molecule has 1 saturated heterocycles. The number of imidazole rings is 1. The molecule has 0 spiro atoms. The summed E-state index contributed by atoms with van der Waals surface area (Å²) >= 11 is 2.03. The van der Waals surface area contributed by atoms with Crippen molar-refractivity contribution in [3.05, 3.63) is 18.2 Å². The molecule has 1 aliphatic heterocycles. The molecule has 0 aliphatic carbocycles. The molecule has 18 heavy (non-hydrogen) atoms. The van der Waals surface area contributed by atoms with E-state index in [1.165, 1.54) is 17.9 Å². The van der Waals surface area contributed by atoms with Gasteiger partial charge in [-0.2, -0.15) is 11.8 Å². The van der Waals surface area contributed by atoms with E-state index in [1.807, 2.05) is 30.0 Å². The van der Waals surface area contributed by atoms with Gasteiger partial charge in [0.2, 0.25) is 5.95 Å². The minimum atomic E-state index is 0.607. The quantitative estimate of drug-likeness (QED) is 0.923. The Hall–Kier alpha value is -1.36. The maximum atomic E-state index is 6.03. The van der Waals surface area contributed by atoms with Crippen LogP contribution in [0.1, 0.15) is 6.42 Å². The number of thioether (sulfide) groups is 1. The highest BCUT2D eigenvalue weighted by atomic mass is 32.2. The molecule has 4 nitrogen and oxygen atoms in total. The second kappa shape index (κ2) is 4.72. The van der Waals surface area contributed by atoms with Gasteiger partial charge in [-0.15, -0.1) is 0 Å². The third-order valence-corrected chi connectivity index (χ3v) is 4.68. The Labute approximate surface area is 111 Å². The smallest absolute Gasteiger partial charge is 0.201 e. The summed E-state index contributed by atoms with van der Waals surface area (Å²) in [5.74, 6) is 4.65. The molecular formula is C13H17N3OS. The summed E-state index contributed by atoms with van der Waals surface area (Å²) in [6.07, 6.45) is 1.28. The number of methoxy groups -OCH3 is 1. The SMILES string of the molecule is COc1ccc2c(c1)nc(N)n2CC1CCSC1. The standard InChI is InChI=1S/C13H17N3OS/c1-17-10-2-3-12-11(6-10)15-13(14)16(12)7-9-4-5-18-8-9/h2-3,6,9H,4-5,7-8H2,1H3,(H2,14,15). The Morgan fingerprint density at radius 1 is 1.56 bits per heavy atom. The van der Waals surface area contributed by atoms with Gasteiger partial charge in [-0.25, -0.2) is 4.98 Å². The number of nitrogen functional groups attached to an aromatic ring is 1. The summed E-state index contributed by atoms with van der Waals surface area (Å²) < 4.78 is 7.34. The summed E-state index contributed by atoms with van der Waals surface area (Å²) in [6.45, 7) is 0.974. The Bertz CT molecular complexity index is 561. The van der Waals surface area contributed by atoms with Crippen LogP contribution in [0.3, 0.4) is 0 Å². The second-order valence-electron chi connectivity index (χ2n) is 4.66. The monoisotopic (exact) mass is 263 g/mol. The average molecular weight is 263 g/mol. The zero-order valence-electron chi connectivity index (χ0n) is 10.4. The Balaban J connectivity index is 1.97. The minimum Gasteiger partial charge on any atom is -0.497 e. The molecular weight excluding hydrogens is 246 g/mol. The molecule has 0 amide bonds. The van der Waals surface area contributed by atoms with Crippen LogP contribution >= 0.6 is 11.8 Å². The Morgan fingerprint density at radius 2 is 2.44 bits per heavy atom. The van der Waals surface area contributed by atoms with Crippen LogP contribution in [0.2, 0.25) is 0 Å². The van der Waals surface area contributed by atoms with Crippen LogP contribution in [0.4, 0.5) is 5.95 Å². The Kier molecular flexibility index (Phi) is 3.07. The molecule has 96 valence electrons. The topological polar surface area (TPSA) is 53.1 Å². The molecule has 1 aromatic carbocycles. The first kappa shape index (κ1) is 11.7. The van der Waals surface area contributed by atoms with Crippen molar-refractivity contribution in [1.82, 2.24) is 9.55 Å². The maximum absolute atomic E-state index is 6.03. The van der Waals surface area contributed by atoms with Crippen molar-refractivity contribution in [3.63, 3.8) is 0 Å². The summed E-state index contributed by atoms with van der Waals surface area (Å²) in [5.41, 5.74) is 8.04. The lowest BCUT2D eigenvalue weighted by atomic mass is 10.1. The number of hydrogen-bond donors (Lipinski definition) is 1. The van der Waals surface area contributed by atoms with Crippen molar-refractivity contribution in [2.45, 2.75) is 13.0 Å². The van der Waals surface area contributed by atoms with Crippen LogP contribution in [0.25, 0.3) is 11.0 Å². The molecule has 0 bridgehead atoms. The summed E-state index contributed by atoms with van der Waals surface area (Å²) in [7, 11) is 1.66. The van der Waals surface area contributed by atoms with Gasteiger partial charge in [0.25, 0.3) is 0 Å². The molecule has 1 unspecified atom stereocenters. The molecule has 2 N–H and O–H groups in total. The highest BCUT2D eigenvalue weighted by Crippen LogP contribution is 2.28. The maximum Gasteiger partial charge on any atom is 0.201 e. The van der Waals surface area contributed by atoms with Crippen molar-refractivity contribution >= 4 is 28.7 Å². The highest BCUT2D eigenvalue weighted by molar-refractivity contribution is 7.99. The number of fused-ring (bicyclic) bond motifs is 1. The largest absolute Gasteiger partial charge is 0.497 e. The van der Waals surface area contributed by atoms with Gasteiger partial charge >= 0.3 is 0 Å². The zero-order chi connectivity index (χ0) is 12.5. The van der Waals surface area contributed by atoms with Gasteiger partial charge < -0.3 is 15.0 Å². The molecule has 2 aromatic rings. The first-order chi connectivity index (χ1) is 8.78. The van der Waals surface area contributed by atoms with Crippen molar-refractivity contribution < 1.29 is 4.74 Å². The third-order valence-electron chi connectivity index (χ3n) is 3.45. The summed E-state index contributed by atoms with van der Waals surface area (Å²) in [5, 5.41) is 0. The van der Waals surface area contributed by atoms with Crippen molar-refractivity contribution in [3.8, 4) is 5.75 Å². The fraction of sp³-hybridized carbons (Fsp3) is 0.462. The molecule has 2 heterocycles. The number of rotatable bonds is 3. The normalized spacial score (nSPS) is 19.5. The number of benzene rings is 1. The van der Waals surface area contributed by atoms with Gasteiger partial charge in [0.1, 0.15) is 5.75 Å². The van der Waals surface area contributed by atoms with Crippen LogP contribution in [0.5, 0.6) is 5.75 Å². The van der Waals surface area contributed by atoms with E-state index in [1.54, 1.807) is 7.11 Å². The lowest BCUT2D eigenvalue weighted by molar-refractivity contribution is 0.415. The van der Waals surface area contributed by atoms with E-state index in [4.69, 9.17) is 10.5 Å². The van der Waals surface area contributed by atoms with Gasteiger partial charge in [-0.05, 0) is 36.0 Å². The molecule has 1 aliphatic rings. The fourth-order valence-corrected chi connectivity index (χ4v) is 3.70. The van der Waals surface area contributed by atoms with Gasteiger partial charge in [0, 0.05) is 12.6 Å². The van der Waals surface area contributed by atoms with Gasteiger partial charge in [0.05, 0.1) is 18.1 Å². The number of anilines is 1.